The van der Waals surface area contributed by atoms with Gasteiger partial charge in [-0.2, -0.15) is 0 Å². The van der Waals surface area contributed by atoms with Gasteiger partial charge in [-0.05, 0) is 18.2 Å². The van der Waals surface area contributed by atoms with Gasteiger partial charge in [0, 0.05) is 5.02 Å². The van der Waals surface area contributed by atoms with Crippen LogP contribution in [0.2, 0.25) is 10.0 Å². The van der Waals surface area contributed by atoms with E-state index in [1.807, 2.05) is 0 Å². The number of hydrogen-bond acceptors (Lipinski definition) is 3. The number of halogens is 2. The summed E-state index contributed by atoms with van der Waals surface area (Å²) < 4.78 is 19.6. The zero-order valence-electron chi connectivity index (χ0n) is 7.97. The lowest BCUT2D eigenvalue weighted by Crippen LogP contribution is -2.05. The van der Waals surface area contributed by atoms with Gasteiger partial charge in [0.15, 0.2) is 0 Å². The number of benzene rings is 1. The third kappa shape index (κ3) is 5.16. The van der Waals surface area contributed by atoms with Gasteiger partial charge in [-0.3, -0.25) is 4.52 Å². The molecule has 1 rings (SSSR count). The Morgan fingerprint density at radius 3 is 2.50 bits per heavy atom. The van der Waals surface area contributed by atoms with E-state index in [1.54, 1.807) is 12.1 Å². The molecule has 0 aliphatic carbocycles. The number of phosphoric ester groups is 1. The highest BCUT2D eigenvalue weighted by atomic mass is 35.5. The van der Waals surface area contributed by atoms with Gasteiger partial charge in [0.2, 0.25) is 0 Å². The van der Waals surface area contributed by atoms with Crippen LogP contribution in [-0.4, -0.2) is 23.0 Å². The van der Waals surface area contributed by atoms with Gasteiger partial charge in [-0.25, -0.2) is 4.57 Å². The standard InChI is InChI=1S/C8H9Cl2O5P/c9-6-1-2-8(7(10)5-6)14-3-4-15-16(11,12)13/h1-2,5H,3-4H2,(H2,11,12,13). The van der Waals surface area contributed by atoms with E-state index in [1.165, 1.54) is 6.07 Å². The summed E-state index contributed by atoms with van der Waals surface area (Å²) >= 11 is 11.5. The minimum absolute atomic E-state index is 0.0214. The largest absolute Gasteiger partial charge is 0.490 e. The highest BCUT2D eigenvalue weighted by Crippen LogP contribution is 2.35. The average Bonchev–Trinajstić information content (AvgIpc) is 2.13. The predicted molar refractivity (Wildman–Crippen MR) is 60.0 cm³/mol. The molecule has 1 aromatic carbocycles. The summed E-state index contributed by atoms with van der Waals surface area (Å²) in [4.78, 5) is 16.8. The zero-order valence-corrected chi connectivity index (χ0v) is 10.4. The van der Waals surface area contributed by atoms with E-state index < -0.39 is 7.82 Å². The fourth-order valence-electron chi connectivity index (χ4n) is 0.900. The molecule has 0 aromatic heterocycles. The van der Waals surface area contributed by atoms with Crippen molar-refractivity contribution in [3.05, 3.63) is 28.2 Å². The van der Waals surface area contributed by atoms with Crippen LogP contribution in [0.15, 0.2) is 18.2 Å². The van der Waals surface area contributed by atoms with E-state index in [-0.39, 0.29) is 13.2 Å². The first kappa shape index (κ1) is 13.8. The van der Waals surface area contributed by atoms with Crippen LogP contribution >= 0.6 is 31.0 Å². The van der Waals surface area contributed by atoms with Crippen LogP contribution in [0.25, 0.3) is 0 Å². The maximum Gasteiger partial charge on any atom is 0.469 e. The predicted octanol–water partition coefficient (Wildman–Crippen LogP) is 2.48. The topological polar surface area (TPSA) is 76.0 Å². The maximum absolute atomic E-state index is 10.3. The summed E-state index contributed by atoms with van der Waals surface area (Å²) in [6.45, 7) is -0.254. The molecule has 8 heteroatoms. The van der Waals surface area contributed by atoms with Gasteiger partial charge >= 0.3 is 7.82 Å². The van der Waals surface area contributed by atoms with Crippen molar-refractivity contribution in [1.29, 1.82) is 0 Å². The quantitative estimate of drug-likeness (QED) is 0.642. The third-order valence-corrected chi connectivity index (χ3v) is 2.54. The zero-order chi connectivity index (χ0) is 12.2. The Bertz CT molecular complexity index is 405. The van der Waals surface area contributed by atoms with E-state index in [9.17, 15) is 4.57 Å². The molecule has 0 aliphatic heterocycles. The SMILES string of the molecule is O=P(O)(O)OCCOc1ccc(Cl)cc1Cl. The number of phosphoric acid groups is 1. The number of hydrogen-bond donors (Lipinski definition) is 2. The van der Waals surface area contributed by atoms with E-state index in [2.05, 4.69) is 4.52 Å². The summed E-state index contributed by atoms with van der Waals surface area (Å²) in [6.07, 6.45) is 0. The highest BCUT2D eigenvalue weighted by Gasteiger charge is 2.13. The molecular weight excluding hydrogens is 278 g/mol. The van der Waals surface area contributed by atoms with Crippen molar-refractivity contribution in [2.24, 2.45) is 0 Å². The molecular formula is C8H9Cl2O5P. The van der Waals surface area contributed by atoms with Crippen molar-refractivity contribution in [2.45, 2.75) is 0 Å². The summed E-state index contributed by atoms with van der Waals surface area (Å²) in [5.74, 6) is 0.375. The Kier molecular flexibility index (Phi) is 5.05. The molecule has 0 heterocycles. The van der Waals surface area contributed by atoms with Crippen LogP contribution in [0.5, 0.6) is 5.75 Å². The van der Waals surface area contributed by atoms with Crippen molar-refractivity contribution in [1.82, 2.24) is 0 Å². The van der Waals surface area contributed by atoms with Crippen LogP contribution < -0.4 is 4.74 Å². The summed E-state index contributed by atoms with van der Waals surface area (Å²) in [6, 6.07) is 4.65. The Morgan fingerprint density at radius 1 is 1.25 bits per heavy atom. The molecule has 2 N–H and O–H groups in total. The molecule has 5 nitrogen and oxygen atoms in total. The van der Waals surface area contributed by atoms with Gasteiger partial charge in [0.05, 0.1) is 11.6 Å². The first-order valence-corrected chi connectivity index (χ1v) is 6.45. The monoisotopic (exact) mass is 286 g/mol. The second kappa shape index (κ2) is 5.87. The first-order chi connectivity index (χ1) is 7.38. The third-order valence-electron chi connectivity index (χ3n) is 1.49. The maximum atomic E-state index is 10.3. The van der Waals surface area contributed by atoms with Gasteiger partial charge in [-0.15, -0.1) is 0 Å². The summed E-state index contributed by atoms with van der Waals surface area (Å²) in [5.41, 5.74) is 0. The lowest BCUT2D eigenvalue weighted by molar-refractivity contribution is 0.160. The molecule has 16 heavy (non-hydrogen) atoms. The average molecular weight is 287 g/mol. The molecule has 0 fully saturated rings. The van der Waals surface area contributed by atoms with Crippen molar-refractivity contribution in [3.63, 3.8) is 0 Å². The molecule has 0 aliphatic rings. The lowest BCUT2D eigenvalue weighted by Gasteiger charge is -2.09. The molecule has 0 spiro atoms. The highest BCUT2D eigenvalue weighted by molar-refractivity contribution is 7.46. The van der Waals surface area contributed by atoms with E-state index in [4.69, 9.17) is 37.7 Å². The van der Waals surface area contributed by atoms with E-state index in [0.29, 0.717) is 15.8 Å². The Balaban J connectivity index is 2.41. The Morgan fingerprint density at radius 2 is 1.94 bits per heavy atom. The molecule has 0 amide bonds. The fraction of sp³-hybridized carbons (Fsp3) is 0.250. The second-order valence-electron chi connectivity index (χ2n) is 2.75. The van der Waals surface area contributed by atoms with Gasteiger partial charge in [-0.1, -0.05) is 23.2 Å². The summed E-state index contributed by atoms with van der Waals surface area (Å²) in [5, 5.41) is 0.799. The molecule has 1 aromatic rings. The summed E-state index contributed by atoms with van der Waals surface area (Å²) in [7, 11) is -4.44. The molecule has 0 atom stereocenters. The minimum Gasteiger partial charge on any atom is -0.490 e. The van der Waals surface area contributed by atoms with Gasteiger partial charge in [0.1, 0.15) is 12.4 Å². The van der Waals surface area contributed by atoms with E-state index in [0.717, 1.165) is 0 Å². The van der Waals surface area contributed by atoms with Crippen LogP contribution in [0.4, 0.5) is 0 Å². The number of rotatable bonds is 5. The van der Waals surface area contributed by atoms with Crippen LogP contribution in [0.1, 0.15) is 0 Å². The van der Waals surface area contributed by atoms with Crippen molar-refractivity contribution in [3.8, 4) is 5.75 Å². The van der Waals surface area contributed by atoms with Gasteiger partial charge < -0.3 is 14.5 Å². The molecule has 0 unspecified atom stereocenters. The minimum atomic E-state index is -4.44. The van der Waals surface area contributed by atoms with Crippen LogP contribution in [-0.2, 0) is 9.09 Å². The molecule has 0 bridgehead atoms. The lowest BCUT2D eigenvalue weighted by atomic mass is 10.3. The van der Waals surface area contributed by atoms with Crippen molar-refractivity contribution < 1.29 is 23.6 Å². The fourth-order valence-corrected chi connectivity index (χ4v) is 1.68. The van der Waals surface area contributed by atoms with Crippen LogP contribution in [0, 0.1) is 0 Å². The Hall–Kier alpha value is -0.290. The first-order valence-electron chi connectivity index (χ1n) is 4.16. The molecule has 0 saturated heterocycles. The van der Waals surface area contributed by atoms with Crippen LogP contribution in [0.3, 0.4) is 0 Å². The number of ether oxygens (including phenoxy) is 1. The van der Waals surface area contributed by atoms with Gasteiger partial charge in [0.25, 0.3) is 0 Å². The molecule has 0 radical (unpaired) electrons. The smallest absolute Gasteiger partial charge is 0.469 e. The Labute approximate surface area is 102 Å². The second-order valence-corrected chi connectivity index (χ2v) is 4.83. The molecule has 90 valence electrons. The van der Waals surface area contributed by atoms with Crippen molar-refractivity contribution >= 4 is 31.0 Å². The van der Waals surface area contributed by atoms with Crippen molar-refractivity contribution in [2.75, 3.05) is 13.2 Å². The normalized spacial score (nSPS) is 11.5. The van der Waals surface area contributed by atoms with E-state index >= 15 is 0 Å². The molecule has 0 saturated carbocycles.